The summed E-state index contributed by atoms with van der Waals surface area (Å²) in [6.45, 7) is 2.09. The molecule has 2 atom stereocenters. The highest BCUT2D eigenvalue weighted by atomic mass is 31.2. The van der Waals surface area contributed by atoms with E-state index in [0.29, 0.717) is 17.4 Å². The second-order valence-electron chi connectivity index (χ2n) is 14.4. The van der Waals surface area contributed by atoms with Crippen LogP contribution in [0.25, 0.3) is 0 Å². The molecule has 1 unspecified atom stereocenters. The number of ether oxygens (including phenoxy) is 2. The van der Waals surface area contributed by atoms with Crippen molar-refractivity contribution in [1.29, 1.82) is 0 Å². The van der Waals surface area contributed by atoms with E-state index in [1.54, 1.807) is 6.08 Å². The summed E-state index contributed by atoms with van der Waals surface area (Å²) in [7, 11) is 1.42. The number of allylic oxidation sites excluding steroid dienone is 4. The van der Waals surface area contributed by atoms with Gasteiger partial charge in [-0.2, -0.15) is 0 Å². The van der Waals surface area contributed by atoms with E-state index in [9.17, 15) is 23.8 Å². The van der Waals surface area contributed by atoms with Gasteiger partial charge in [0.15, 0.2) is 6.10 Å². The normalized spacial score (nSPS) is 13.9. The van der Waals surface area contributed by atoms with Gasteiger partial charge in [-0.15, -0.1) is 0 Å². The van der Waals surface area contributed by atoms with Gasteiger partial charge in [-0.1, -0.05) is 134 Å². The van der Waals surface area contributed by atoms with Crippen molar-refractivity contribution in [3.8, 4) is 0 Å². The minimum Gasteiger partial charge on any atom is -0.462 e. The van der Waals surface area contributed by atoms with Crippen molar-refractivity contribution in [2.24, 2.45) is 0 Å². The van der Waals surface area contributed by atoms with Gasteiger partial charge in [0.25, 0.3) is 0 Å². The molecule has 0 aliphatic rings. The summed E-state index contributed by atoms with van der Waals surface area (Å²) in [4.78, 5) is 45.4. The van der Waals surface area contributed by atoms with Gasteiger partial charge in [0, 0.05) is 12.8 Å². The van der Waals surface area contributed by atoms with Crippen LogP contribution in [-0.4, -0.2) is 81.2 Å². The topological polar surface area (TPSA) is 125 Å². The Morgan fingerprint density at radius 3 is 1.68 bits per heavy atom. The third-order valence-electron chi connectivity index (χ3n) is 8.34. The van der Waals surface area contributed by atoms with Crippen LogP contribution in [0.2, 0.25) is 0 Å². The lowest BCUT2D eigenvalue weighted by Gasteiger charge is -2.24. The number of rotatable bonds is 36. The first-order valence-electron chi connectivity index (χ1n) is 19.5. The van der Waals surface area contributed by atoms with Crippen molar-refractivity contribution < 1.29 is 46.8 Å². The van der Waals surface area contributed by atoms with Crippen LogP contribution in [0.1, 0.15) is 155 Å². The molecule has 50 heavy (non-hydrogen) atoms. The maximum Gasteiger partial charge on any atom is 0.472 e. The average molecular weight is 731 g/mol. The number of aldehydes is 1. The molecule has 0 aliphatic carbocycles. The summed E-state index contributed by atoms with van der Waals surface area (Å²) in [6.07, 6.45) is 31.4. The Morgan fingerprint density at radius 1 is 0.660 bits per heavy atom. The average Bonchev–Trinajstić information content (AvgIpc) is 3.06. The second-order valence-corrected chi connectivity index (χ2v) is 15.8. The Kier molecular flexibility index (Phi) is 31.8. The number of hydrogen-bond acceptors (Lipinski definition) is 8. The van der Waals surface area contributed by atoms with Crippen LogP contribution in [0.4, 0.5) is 0 Å². The molecule has 0 saturated heterocycles. The quantitative estimate of drug-likeness (QED) is 0.0128. The van der Waals surface area contributed by atoms with E-state index in [-0.39, 0.29) is 32.0 Å². The third kappa shape index (κ3) is 36.0. The molecule has 0 aromatic heterocycles. The third-order valence-corrected chi connectivity index (χ3v) is 9.33. The minimum atomic E-state index is -4.38. The molecule has 0 heterocycles. The monoisotopic (exact) mass is 731 g/mol. The summed E-state index contributed by atoms with van der Waals surface area (Å²) in [5.41, 5.74) is 0. The van der Waals surface area contributed by atoms with Gasteiger partial charge in [-0.05, 0) is 31.8 Å². The zero-order valence-electron chi connectivity index (χ0n) is 32.2. The van der Waals surface area contributed by atoms with Crippen molar-refractivity contribution in [1.82, 2.24) is 0 Å². The molecule has 1 N–H and O–H groups in total. The predicted molar refractivity (Wildman–Crippen MR) is 202 cm³/mol. The van der Waals surface area contributed by atoms with Crippen molar-refractivity contribution in [3.63, 3.8) is 0 Å². The van der Waals surface area contributed by atoms with E-state index >= 15 is 0 Å². The number of phosphoric ester groups is 1. The molecule has 0 amide bonds. The largest absolute Gasteiger partial charge is 0.472 e. The maximum absolute atomic E-state index is 12.6. The summed E-state index contributed by atoms with van der Waals surface area (Å²) in [6, 6.07) is 0. The van der Waals surface area contributed by atoms with Gasteiger partial charge in [0.2, 0.25) is 0 Å². The molecule has 292 valence electrons. The maximum atomic E-state index is 12.6. The van der Waals surface area contributed by atoms with Crippen molar-refractivity contribution in [3.05, 3.63) is 24.3 Å². The molecular weight excluding hydrogens is 657 g/mol. The lowest BCUT2D eigenvalue weighted by atomic mass is 10.0. The van der Waals surface area contributed by atoms with Crippen molar-refractivity contribution in [2.45, 2.75) is 161 Å². The van der Waals surface area contributed by atoms with Crippen molar-refractivity contribution in [2.75, 3.05) is 47.5 Å². The Labute approximate surface area is 304 Å². The first-order chi connectivity index (χ1) is 24.0. The Bertz CT molecular complexity index is 948. The number of esters is 2. The van der Waals surface area contributed by atoms with Gasteiger partial charge in [-0.25, -0.2) is 4.57 Å². The first kappa shape index (κ1) is 48.2. The van der Waals surface area contributed by atoms with Gasteiger partial charge in [-0.3, -0.25) is 23.4 Å². The molecular formula is C39H73NO9P+. The Morgan fingerprint density at radius 2 is 1.16 bits per heavy atom. The number of nitrogens with zero attached hydrogens (tertiary/aromatic N) is 1. The van der Waals surface area contributed by atoms with Gasteiger partial charge in [0.1, 0.15) is 26.0 Å². The van der Waals surface area contributed by atoms with Crippen LogP contribution in [0.15, 0.2) is 24.3 Å². The standard InChI is InChI=1S/C39H72NO9P/c1-5-6-7-8-9-10-11-12-13-14-15-18-21-24-27-30-38(42)46-35-37(36-48-50(44,45)47-34-32-40(2,3)4)49-39(43)31-28-25-22-19-16-17-20-23-26-29-33-41/h20,23,26,29,33,37H,5-19,21-22,24-25,27-28,30-32,34-36H2,1-4H3/p+1/b23-20-,29-26+/t37-/m1/s1. The van der Waals surface area contributed by atoms with E-state index in [4.69, 9.17) is 18.5 Å². The van der Waals surface area contributed by atoms with Gasteiger partial charge >= 0.3 is 19.8 Å². The molecule has 0 aromatic carbocycles. The summed E-state index contributed by atoms with van der Waals surface area (Å²) < 4.78 is 34.1. The Hall–Kier alpha value is -1.84. The summed E-state index contributed by atoms with van der Waals surface area (Å²) in [5.74, 6) is -0.859. The molecule has 0 saturated carbocycles. The molecule has 0 aliphatic heterocycles. The van der Waals surface area contributed by atoms with E-state index in [1.807, 2.05) is 33.3 Å². The van der Waals surface area contributed by atoms with Crippen molar-refractivity contribution >= 4 is 26.0 Å². The molecule has 10 nitrogen and oxygen atoms in total. The van der Waals surface area contributed by atoms with E-state index in [1.165, 1.54) is 83.1 Å². The van der Waals surface area contributed by atoms with Gasteiger partial charge in [0.05, 0.1) is 27.7 Å². The molecule has 0 bridgehead atoms. The van der Waals surface area contributed by atoms with Crippen LogP contribution in [0.5, 0.6) is 0 Å². The number of unbranched alkanes of at least 4 members (excludes halogenated alkanes) is 19. The fraction of sp³-hybridized carbons (Fsp3) is 0.821. The fourth-order valence-electron chi connectivity index (χ4n) is 5.25. The molecule has 0 radical (unpaired) electrons. The summed E-state index contributed by atoms with van der Waals surface area (Å²) >= 11 is 0. The van der Waals surface area contributed by atoms with Crippen LogP contribution in [0, 0.1) is 0 Å². The number of carbonyl (C=O) groups excluding carboxylic acids is 3. The highest BCUT2D eigenvalue weighted by molar-refractivity contribution is 7.47. The lowest BCUT2D eigenvalue weighted by molar-refractivity contribution is -0.870. The van der Waals surface area contributed by atoms with E-state index in [0.717, 1.165) is 57.7 Å². The number of hydrogen-bond donors (Lipinski definition) is 1. The number of likely N-dealkylation sites (N-methyl/N-ethyl adjacent to an activating group) is 1. The highest BCUT2D eigenvalue weighted by Gasteiger charge is 2.27. The molecule has 11 heteroatoms. The first-order valence-corrected chi connectivity index (χ1v) is 21.0. The minimum absolute atomic E-state index is 0.0173. The van der Waals surface area contributed by atoms with E-state index < -0.39 is 26.5 Å². The zero-order valence-corrected chi connectivity index (χ0v) is 33.1. The molecule has 0 spiro atoms. The molecule has 0 fully saturated rings. The highest BCUT2D eigenvalue weighted by Crippen LogP contribution is 2.43. The van der Waals surface area contributed by atoms with Gasteiger partial charge < -0.3 is 18.9 Å². The van der Waals surface area contributed by atoms with Crippen LogP contribution in [0.3, 0.4) is 0 Å². The Balaban J connectivity index is 4.38. The van der Waals surface area contributed by atoms with Crippen LogP contribution >= 0.6 is 7.82 Å². The van der Waals surface area contributed by atoms with Crippen LogP contribution in [-0.2, 0) is 37.5 Å². The molecule has 0 aromatic rings. The number of carbonyl (C=O) groups is 3. The van der Waals surface area contributed by atoms with Crippen LogP contribution < -0.4 is 0 Å². The van der Waals surface area contributed by atoms with E-state index in [2.05, 4.69) is 6.92 Å². The molecule has 0 rings (SSSR count). The summed E-state index contributed by atoms with van der Waals surface area (Å²) in [5, 5.41) is 0. The number of quaternary nitrogens is 1. The lowest BCUT2D eigenvalue weighted by Crippen LogP contribution is -2.37. The fourth-order valence-corrected chi connectivity index (χ4v) is 5.99. The SMILES string of the molecule is CCCCCCCCCCCCCCCCCC(=O)OC[C@H](COP(=O)(O)OCC[N+](C)(C)C)OC(=O)CCCCCCC/C=C\C=C\C=O. The number of phosphoric acid groups is 1. The zero-order chi connectivity index (χ0) is 37.2. The predicted octanol–water partition coefficient (Wildman–Crippen LogP) is 9.58. The smallest absolute Gasteiger partial charge is 0.462 e. The second kappa shape index (κ2) is 33.0.